The average molecular weight is 221 g/mol. The van der Waals surface area contributed by atoms with Crippen molar-refractivity contribution in [2.75, 3.05) is 0 Å². The number of hydrogen-bond acceptors (Lipinski definition) is 3. The summed E-state index contributed by atoms with van der Waals surface area (Å²) in [6, 6.07) is 6.42. The van der Waals surface area contributed by atoms with Crippen molar-refractivity contribution in [2.24, 2.45) is 0 Å². The summed E-state index contributed by atoms with van der Waals surface area (Å²) in [6.07, 6.45) is 0. The summed E-state index contributed by atoms with van der Waals surface area (Å²) in [6.45, 7) is 4.20. The molecule has 3 heteroatoms. The number of rotatable bonds is 1. The van der Waals surface area contributed by atoms with Gasteiger partial charge in [0.25, 0.3) is 0 Å². The van der Waals surface area contributed by atoms with E-state index in [1.165, 1.54) is 16.7 Å². The number of nitrogens with zero attached hydrogens (tertiary/aromatic N) is 1. The molecule has 2 aromatic rings. The van der Waals surface area contributed by atoms with Gasteiger partial charge in [0.05, 0.1) is 0 Å². The normalized spacial score (nSPS) is 10.5. The number of thiazole rings is 1. The maximum Gasteiger partial charge on any atom is 0.124 e. The van der Waals surface area contributed by atoms with Gasteiger partial charge in [-0.2, -0.15) is 0 Å². The van der Waals surface area contributed by atoms with Gasteiger partial charge in [0.1, 0.15) is 10.0 Å². The third kappa shape index (κ3) is 1.83. The largest absolute Gasteiger partial charge is 0.230 e. The molecular weight excluding hydrogens is 210 g/mol. The molecule has 14 heavy (non-hydrogen) atoms. The van der Waals surface area contributed by atoms with E-state index in [9.17, 15) is 0 Å². The van der Waals surface area contributed by atoms with Crippen molar-refractivity contribution < 1.29 is 0 Å². The first kappa shape index (κ1) is 9.74. The molecule has 0 aliphatic rings. The molecule has 0 bridgehead atoms. The Morgan fingerprint density at radius 3 is 2.71 bits per heavy atom. The topological polar surface area (TPSA) is 12.9 Å². The van der Waals surface area contributed by atoms with Crippen molar-refractivity contribution in [2.45, 2.75) is 18.9 Å². The lowest BCUT2D eigenvalue weighted by Gasteiger charge is -2.02. The van der Waals surface area contributed by atoms with Crippen LogP contribution in [0.15, 0.2) is 28.6 Å². The van der Waals surface area contributed by atoms with Crippen LogP contribution in [0.4, 0.5) is 0 Å². The lowest BCUT2D eigenvalue weighted by atomic mass is 10.1. The molecule has 0 aliphatic heterocycles. The molecule has 0 unspecified atom stereocenters. The molecule has 0 fully saturated rings. The Morgan fingerprint density at radius 1 is 1.29 bits per heavy atom. The lowest BCUT2D eigenvalue weighted by molar-refractivity contribution is 1.21. The molecule has 0 saturated heterocycles. The first-order valence-electron chi connectivity index (χ1n) is 4.39. The molecule has 72 valence electrons. The summed E-state index contributed by atoms with van der Waals surface area (Å²) in [4.78, 5) is 4.37. The van der Waals surface area contributed by atoms with Crippen LogP contribution in [0.2, 0.25) is 0 Å². The van der Waals surface area contributed by atoms with Gasteiger partial charge in [0.2, 0.25) is 0 Å². The zero-order valence-electron chi connectivity index (χ0n) is 8.11. The Balaban J connectivity index is 2.55. The molecule has 0 aliphatic carbocycles. The molecule has 0 radical (unpaired) electrons. The quantitative estimate of drug-likeness (QED) is 0.724. The van der Waals surface area contributed by atoms with Crippen LogP contribution in [-0.4, -0.2) is 4.98 Å². The van der Waals surface area contributed by atoms with Gasteiger partial charge in [0.15, 0.2) is 0 Å². The van der Waals surface area contributed by atoms with Crippen molar-refractivity contribution in [1.82, 2.24) is 4.98 Å². The molecule has 0 saturated carbocycles. The van der Waals surface area contributed by atoms with Crippen LogP contribution in [0.5, 0.6) is 0 Å². The van der Waals surface area contributed by atoms with E-state index in [1.54, 1.807) is 11.3 Å². The van der Waals surface area contributed by atoms with Gasteiger partial charge in [-0.1, -0.05) is 17.7 Å². The Morgan fingerprint density at radius 2 is 2.07 bits per heavy atom. The van der Waals surface area contributed by atoms with Gasteiger partial charge in [-0.05, 0) is 25.5 Å². The highest BCUT2D eigenvalue weighted by Gasteiger charge is 2.05. The second kappa shape index (κ2) is 3.75. The molecule has 1 nitrogen and oxygen atoms in total. The molecule has 1 heterocycles. The van der Waals surface area contributed by atoms with Gasteiger partial charge >= 0.3 is 0 Å². The fourth-order valence-corrected chi connectivity index (χ4v) is 2.45. The van der Waals surface area contributed by atoms with E-state index in [-0.39, 0.29) is 0 Å². The maximum atomic E-state index is 4.37. The van der Waals surface area contributed by atoms with Gasteiger partial charge < -0.3 is 0 Å². The smallest absolute Gasteiger partial charge is 0.124 e. The van der Waals surface area contributed by atoms with Crippen LogP contribution >= 0.6 is 24.0 Å². The third-order valence-electron chi connectivity index (χ3n) is 2.12. The first-order chi connectivity index (χ1) is 6.66. The van der Waals surface area contributed by atoms with Crippen molar-refractivity contribution in [1.29, 1.82) is 0 Å². The van der Waals surface area contributed by atoms with Crippen LogP contribution in [0.3, 0.4) is 0 Å². The molecule has 0 atom stereocenters. The van der Waals surface area contributed by atoms with E-state index in [2.05, 4.69) is 49.7 Å². The lowest BCUT2D eigenvalue weighted by Crippen LogP contribution is -1.83. The van der Waals surface area contributed by atoms with E-state index in [0.717, 1.165) is 10.0 Å². The summed E-state index contributed by atoms with van der Waals surface area (Å²) in [5.41, 5.74) is 3.75. The molecular formula is C11H11NS2. The van der Waals surface area contributed by atoms with Crippen LogP contribution in [-0.2, 0) is 0 Å². The fourth-order valence-electron chi connectivity index (χ4n) is 1.36. The van der Waals surface area contributed by atoms with Crippen LogP contribution in [0.1, 0.15) is 11.1 Å². The maximum absolute atomic E-state index is 4.37. The van der Waals surface area contributed by atoms with Gasteiger partial charge in [-0.25, -0.2) is 4.98 Å². The standard InChI is InChI=1S/C11H11NS2/c1-7-3-4-8(2)9(5-7)11-12-10(13)6-14-11/h3-6,13H,1-2H3. The number of aryl methyl sites for hydroxylation is 2. The predicted molar refractivity (Wildman–Crippen MR) is 64.3 cm³/mol. The molecule has 0 N–H and O–H groups in total. The number of aromatic nitrogens is 1. The molecule has 1 aromatic heterocycles. The van der Waals surface area contributed by atoms with Crippen molar-refractivity contribution in [3.8, 4) is 10.6 Å². The summed E-state index contributed by atoms with van der Waals surface area (Å²) < 4.78 is 0. The molecule has 2 rings (SSSR count). The zero-order chi connectivity index (χ0) is 10.1. The highest BCUT2D eigenvalue weighted by molar-refractivity contribution is 7.80. The molecule has 0 amide bonds. The average Bonchev–Trinajstić information content (AvgIpc) is 2.56. The van der Waals surface area contributed by atoms with Crippen molar-refractivity contribution >= 4 is 24.0 Å². The zero-order valence-corrected chi connectivity index (χ0v) is 9.82. The minimum atomic E-state index is 0.797. The minimum absolute atomic E-state index is 0.797. The Bertz CT molecular complexity index is 460. The highest BCUT2D eigenvalue weighted by atomic mass is 32.1. The molecule has 1 aromatic carbocycles. The van der Waals surface area contributed by atoms with Crippen molar-refractivity contribution in [3.63, 3.8) is 0 Å². The number of benzene rings is 1. The summed E-state index contributed by atoms with van der Waals surface area (Å²) >= 11 is 5.85. The van der Waals surface area contributed by atoms with E-state index in [1.807, 2.05) is 5.38 Å². The predicted octanol–water partition coefficient (Wildman–Crippen LogP) is 3.72. The van der Waals surface area contributed by atoms with Gasteiger partial charge in [-0.15, -0.1) is 24.0 Å². The highest BCUT2D eigenvalue weighted by Crippen LogP contribution is 2.28. The number of hydrogen-bond donors (Lipinski definition) is 1. The molecule has 0 spiro atoms. The second-order valence-corrected chi connectivity index (χ2v) is 4.65. The Hall–Kier alpha value is -0.800. The monoisotopic (exact) mass is 221 g/mol. The van der Waals surface area contributed by atoms with E-state index in [4.69, 9.17) is 0 Å². The van der Waals surface area contributed by atoms with Gasteiger partial charge in [0, 0.05) is 10.9 Å². The van der Waals surface area contributed by atoms with Crippen molar-refractivity contribution in [3.05, 3.63) is 34.7 Å². The Labute approximate surface area is 93.2 Å². The third-order valence-corrected chi connectivity index (χ3v) is 3.39. The van der Waals surface area contributed by atoms with Crippen LogP contribution in [0, 0.1) is 13.8 Å². The Kier molecular flexibility index (Phi) is 2.61. The van der Waals surface area contributed by atoms with E-state index >= 15 is 0 Å². The summed E-state index contributed by atoms with van der Waals surface area (Å²) in [5.74, 6) is 0. The number of thiol groups is 1. The summed E-state index contributed by atoms with van der Waals surface area (Å²) in [5, 5.41) is 3.81. The minimum Gasteiger partial charge on any atom is -0.230 e. The first-order valence-corrected chi connectivity index (χ1v) is 5.71. The van der Waals surface area contributed by atoms with Gasteiger partial charge in [-0.3, -0.25) is 0 Å². The van der Waals surface area contributed by atoms with E-state index in [0.29, 0.717) is 0 Å². The fraction of sp³-hybridized carbons (Fsp3) is 0.182. The second-order valence-electron chi connectivity index (χ2n) is 3.33. The van der Waals surface area contributed by atoms with E-state index < -0.39 is 0 Å². The SMILES string of the molecule is Cc1ccc(C)c(-c2nc(S)cs2)c1. The van der Waals surface area contributed by atoms with Crippen LogP contribution < -0.4 is 0 Å². The summed E-state index contributed by atoms with van der Waals surface area (Å²) in [7, 11) is 0. The van der Waals surface area contributed by atoms with Crippen LogP contribution in [0.25, 0.3) is 10.6 Å².